The zero-order valence-corrected chi connectivity index (χ0v) is 31.1. The van der Waals surface area contributed by atoms with E-state index < -0.39 is 32.1 Å². The summed E-state index contributed by atoms with van der Waals surface area (Å²) >= 11 is 0. The summed E-state index contributed by atoms with van der Waals surface area (Å²) in [7, 11) is -2.72. The third-order valence-corrected chi connectivity index (χ3v) is 8.82. The van der Waals surface area contributed by atoms with Gasteiger partial charge >= 0.3 is 26.0 Å². The number of guanidine groups is 1. The second-order valence-electron chi connectivity index (χ2n) is 12.1. The van der Waals surface area contributed by atoms with Crippen molar-refractivity contribution in [3.63, 3.8) is 0 Å². The van der Waals surface area contributed by atoms with Gasteiger partial charge in [0, 0.05) is 7.05 Å². The second-order valence-corrected chi connectivity index (χ2v) is 13.7. The number of hydrogen-bond donors (Lipinski definition) is 2. The minimum Gasteiger partial charge on any atom is -0.480 e. The van der Waals surface area contributed by atoms with Gasteiger partial charge in [-0.1, -0.05) is 91.9 Å². The van der Waals surface area contributed by atoms with Crippen molar-refractivity contribution in [2.24, 2.45) is 16.4 Å². The molecule has 0 aliphatic heterocycles. The lowest BCUT2D eigenvalue weighted by Gasteiger charge is -2.29. The van der Waals surface area contributed by atoms with E-state index in [1.807, 2.05) is 0 Å². The maximum atomic E-state index is 13.5. The van der Waals surface area contributed by atoms with Crippen LogP contribution in [0.5, 0.6) is 0 Å². The van der Waals surface area contributed by atoms with Gasteiger partial charge in [0.05, 0.1) is 39.6 Å². The molecule has 282 valence electrons. The molecule has 0 aromatic heterocycles. The molecule has 0 spiro atoms. The Kier molecular flexibility index (Phi) is 27.8. The first-order chi connectivity index (χ1) is 23.0. The molecular weight excluding hydrogens is 645 g/mol. The molecule has 0 saturated heterocycles. The van der Waals surface area contributed by atoms with Gasteiger partial charge < -0.3 is 34.7 Å². The number of carboxylic acids is 1. The van der Waals surface area contributed by atoms with E-state index in [-0.39, 0.29) is 38.3 Å². The number of carbonyl (C=O) groups excluding carboxylic acids is 2. The molecule has 1 unspecified atom stereocenters. The van der Waals surface area contributed by atoms with Crippen LogP contribution in [-0.2, 0) is 37.4 Å². The second kappa shape index (κ2) is 29.4. The molecule has 0 bridgehead atoms. The number of rotatable bonds is 30. The molecule has 0 aromatic carbocycles. The van der Waals surface area contributed by atoms with E-state index in [9.17, 15) is 24.1 Å². The molecule has 0 rings (SSSR count). The predicted octanol–water partition coefficient (Wildman–Crippen LogP) is 8.07. The van der Waals surface area contributed by atoms with Gasteiger partial charge in [-0.05, 0) is 44.4 Å². The highest BCUT2D eigenvalue weighted by molar-refractivity contribution is 7.52. The molecule has 15 heteroatoms. The zero-order valence-electron chi connectivity index (χ0n) is 30.2. The number of ether oxygens (including phenoxy) is 4. The third kappa shape index (κ3) is 24.6. The first kappa shape index (κ1) is 45.4. The summed E-state index contributed by atoms with van der Waals surface area (Å²) in [6.07, 6.45) is 13.1. The molecule has 3 N–H and O–H groups in total. The van der Waals surface area contributed by atoms with E-state index in [1.165, 1.54) is 50.5 Å². The molecule has 48 heavy (non-hydrogen) atoms. The molecule has 0 aliphatic carbocycles. The van der Waals surface area contributed by atoms with E-state index in [0.29, 0.717) is 38.9 Å². The van der Waals surface area contributed by atoms with Crippen molar-refractivity contribution in [1.29, 1.82) is 0 Å². The van der Waals surface area contributed by atoms with Crippen molar-refractivity contribution in [2.75, 3.05) is 46.7 Å². The average Bonchev–Trinajstić information content (AvgIpc) is 3.03. The van der Waals surface area contributed by atoms with E-state index in [4.69, 9.17) is 33.7 Å². The quantitative estimate of drug-likeness (QED) is 0.0240. The van der Waals surface area contributed by atoms with Gasteiger partial charge in [-0.3, -0.25) is 9.05 Å². The topological polar surface area (TPSA) is 186 Å². The minimum absolute atomic E-state index is 0.0476. The third-order valence-electron chi connectivity index (χ3n) is 7.35. The van der Waals surface area contributed by atoms with Gasteiger partial charge in [0.25, 0.3) is 0 Å². The smallest absolute Gasteiger partial charge is 0.480 e. The predicted molar refractivity (Wildman–Crippen MR) is 185 cm³/mol. The van der Waals surface area contributed by atoms with Crippen molar-refractivity contribution in [1.82, 2.24) is 4.90 Å². The van der Waals surface area contributed by atoms with Gasteiger partial charge in [-0.2, -0.15) is 0 Å². The fourth-order valence-corrected chi connectivity index (χ4v) is 5.87. The summed E-state index contributed by atoms with van der Waals surface area (Å²) in [6, 6.07) is -1.02. The average molecular weight is 710 g/mol. The number of carbonyl (C=O) groups is 3. The molecule has 0 radical (unpaired) electrons. The molecule has 0 saturated carbocycles. The number of nitrogens with zero attached hydrogens (tertiary/aromatic N) is 2. The standard InChI is InChI=1S/C33H64N3O11P/c1-6-8-10-12-14-16-22-42-32(39)44-24-18-20-26-46-48(41,35-31(34)36(5)29(28(3)4)30(37)38)47-27-21-19-25-45-33(40)43-23-17-15-13-11-9-7-2/h28-29H,6-27H2,1-5H3,(H,37,38)(H2,34,35,41). The van der Waals surface area contributed by atoms with Crippen molar-refractivity contribution in [3.05, 3.63) is 0 Å². The van der Waals surface area contributed by atoms with Crippen LogP contribution >= 0.6 is 7.75 Å². The number of carboxylic acid groups (broad SMARTS) is 1. The van der Waals surface area contributed by atoms with Gasteiger partial charge in [0.1, 0.15) is 6.04 Å². The number of hydrogen-bond acceptors (Lipinski definition) is 10. The lowest BCUT2D eigenvalue weighted by atomic mass is 10.0. The summed E-state index contributed by atoms with van der Waals surface area (Å²) in [5.41, 5.74) is 6.05. The molecule has 0 fully saturated rings. The summed E-state index contributed by atoms with van der Waals surface area (Å²) in [5.74, 6) is -1.75. The van der Waals surface area contributed by atoms with Crippen molar-refractivity contribution in [2.45, 2.75) is 136 Å². The van der Waals surface area contributed by atoms with Gasteiger partial charge in [0.15, 0.2) is 0 Å². The van der Waals surface area contributed by atoms with Crippen molar-refractivity contribution in [3.8, 4) is 0 Å². The zero-order chi connectivity index (χ0) is 36.0. The van der Waals surface area contributed by atoms with E-state index >= 15 is 0 Å². The lowest BCUT2D eigenvalue weighted by Crippen LogP contribution is -2.48. The molecule has 1 atom stereocenters. The van der Waals surface area contributed by atoms with Crippen LogP contribution in [0.4, 0.5) is 9.59 Å². The van der Waals surface area contributed by atoms with Crippen LogP contribution in [0.25, 0.3) is 0 Å². The van der Waals surface area contributed by atoms with Crippen LogP contribution in [0.1, 0.15) is 130 Å². The molecule has 14 nitrogen and oxygen atoms in total. The van der Waals surface area contributed by atoms with Gasteiger partial charge in [-0.15, -0.1) is 4.76 Å². The van der Waals surface area contributed by atoms with E-state index in [1.54, 1.807) is 13.8 Å². The number of likely N-dealkylation sites (N-methyl/N-ethyl adjacent to an activating group) is 1. The Morgan fingerprint density at radius 2 is 0.979 bits per heavy atom. The monoisotopic (exact) mass is 709 g/mol. The Labute approximate surface area is 288 Å². The van der Waals surface area contributed by atoms with Crippen molar-refractivity contribution < 1.29 is 52.1 Å². The first-order valence-electron chi connectivity index (χ1n) is 17.8. The maximum absolute atomic E-state index is 13.5. The molecule has 0 amide bonds. The van der Waals surface area contributed by atoms with Crippen molar-refractivity contribution >= 4 is 32.0 Å². The fraction of sp³-hybridized carbons (Fsp3) is 0.879. The summed E-state index contributed by atoms with van der Waals surface area (Å²) < 4.78 is 48.9. The highest BCUT2D eigenvalue weighted by Gasteiger charge is 2.31. The van der Waals surface area contributed by atoms with E-state index in [2.05, 4.69) is 18.6 Å². The molecular formula is C33H64N3O11P. The molecule has 0 heterocycles. The Hall–Kier alpha value is -2.57. The first-order valence-corrected chi connectivity index (χ1v) is 19.3. The molecule has 0 aromatic rings. The highest BCUT2D eigenvalue weighted by Crippen LogP contribution is 2.50. The minimum atomic E-state index is -4.16. The van der Waals surface area contributed by atoms with Crippen LogP contribution < -0.4 is 5.73 Å². The largest absolute Gasteiger partial charge is 0.508 e. The molecule has 0 aliphatic rings. The Morgan fingerprint density at radius 3 is 1.33 bits per heavy atom. The number of nitrogens with two attached hydrogens (primary N) is 1. The van der Waals surface area contributed by atoms with Crippen LogP contribution in [0.2, 0.25) is 0 Å². The normalized spacial score (nSPS) is 12.5. The maximum Gasteiger partial charge on any atom is 0.508 e. The summed E-state index contributed by atoms with van der Waals surface area (Å²) in [4.78, 5) is 36.5. The Bertz CT molecular complexity index is 891. The van der Waals surface area contributed by atoms with Crippen LogP contribution in [0, 0.1) is 5.92 Å². The van der Waals surface area contributed by atoms with Gasteiger partial charge in [-0.25, -0.2) is 18.9 Å². The van der Waals surface area contributed by atoms with Crippen LogP contribution in [0.15, 0.2) is 4.76 Å². The number of unbranched alkanes of at least 4 members (excludes halogenated alkanes) is 12. The SMILES string of the molecule is CCCCCCCCOC(=O)OCCCCOP(=O)(N=C(N)N(C)C(C(=O)O)C(C)C)OCCCCOC(=O)OCCCCCCCC. The Balaban J connectivity index is 4.71. The lowest BCUT2D eigenvalue weighted by molar-refractivity contribution is -0.142. The summed E-state index contributed by atoms with van der Waals surface area (Å²) in [5, 5.41) is 9.61. The van der Waals surface area contributed by atoms with Gasteiger partial charge in [0.2, 0.25) is 5.96 Å². The highest BCUT2D eigenvalue weighted by atomic mass is 31.2. The van der Waals surface area contributed by atoms with Crippen LogP contribution in [0.3, 0.4) is 0 Å². The van der Waals surface area contributed by atoms with E-state index in [0.717, 1.165) is 38.5 Å². The number of aliphatic carboxylic acids is 1. The summed E-state index contributed by atoms with van der Waals surface area (Å²) in [6.45, 7) is 8.47. The fourth-order valence-electron chi connectivity index (χ4n) is 4.57. The Morgan fingerprint density at radius 1 is 0.646 bits per heavy atom. The van der Waals surface area contributed by atoms with Crippen LogP contribution in [-0.4, -0.2) is 87.0 Å².